The van der Waals surface area contributed by atoms with E-state index < -0.39 is 19.9 Å². The Bertz CT molecular complexity index is 1170. The van der Waals surface area contributed by atoms with Gasteiger partial charge in [-0.05, 0) is 89.9 Å². The first-order valence-electron chi connectivity index (χ1n) is 21.7. The van der Waals surface area contributed by atoms with Crippen LogP contribution < -0.4 is 5.73 Å². The van der Waals surface area contributed by atoms with E-state index >= 15 is 0 Å². The molecule has 0 fully saturated rings. The number of carbonyl (C=O) groups excluding carboxylic acids is 1. The summed E-state index contributed by atoms with van der Waals surface area (Å²) < 4.78 is 33.3. The molecule has 3 N–H and O–H groups in total. The van der Waals surface area contributed by atoms with Gasteiger partial charge in [0.1, 0.15) is 6.10 Å². The standard InChI is InChI=1S/C47H80NO7P/c1-3-5-7-9-11-13-15-17-19-20-21-22-23-24-25-26-27-28-30-32-34-36-38-40-47(49)55-46(45-54-56(50,51)53-43-41-48)44-52-42-39-37-35-33-31-29-18-16-14-12-10-8-6-4-2/h5,7,11,13-14,16-17,19,21-22,24-25,27-28,32,34,46H,3-4,6,8-10,12,15,18,20,23,26,29-31,33,35-45,48H2,1-2H3,(H,50,51)/b7-5-,13-11-,16-14-,19-17-,22-21-,25-24-,28-27-,34-32-. The average Bonchev–Trinajstić information content (AvgIpc) is 3.19. The first-order valence-corrected chi connectivity index (χ1v) is 23.2. The molecule has 0 radical (unpaired) electrons. The number of rotatable bonds is 40. The van der Waals surface area contributed by atoms with Gasteiger partial charge >= 0.3 is 13.8 Å². The molecule has 320 valence electrons. The third-order valence-corrected chi connectivity index (χ3v) is 9.47. The fraction of sp³-hybridized carbons (Fsp3) is 0.638. The van der Waals surface area contributed by atoms with Gasteiger partial charge in [-0.2, -0.15) is 0 Å². The molecule has 2 atom stereocenters. The molecule has 0 aromatic heterocycles. The first-order chi connectivity index (χ1) is 27.4. The van der Waals surface area contributed by atoms with Crippen LogP contribution in [-0.2, 0) is 27.9 Å². The monoisotopic (exact) mass is 802 g/mol. The van der Waals surface area contributed by atoms with Crippen molar-refractivity contribution in [2.45, 2.75) is 161 Å². The van der Waals surface area contributed by atoms with Gasteiger partial charge in [0.25, 0.3) is 0 Å². The number of hydrogen-bond donors (Lipinski definition) is 2. The zero-order chi connectivity index (χ0) is 40.9. The van der Waals surface area contributed by atoms with E-state index in [0.29, 0.717) is 13.0 Å². The molecule has 2 unspecified atom stereocenters. The molecule has 0 rings (SSSR count). The summed E-state index contributed by atoms with van der Waals surface area (Å²) in [6.45, 7) is 4.67. The molecule has 0 aliphatic carbocycles. The molecule has 0 heterocycles. The molecule has 9 heteroatoms. The molecule has 0 aromatic rings. The molecular weight excluding hydrogens is 721 g/mol. The number of hydrogen-bond acceptors (Lipinski definition) is 7. The molecule has 0 aliphatic heterocycles. The smallest absolute Gasteiger partial charge is 0.457 e. The number of ether oxygens (including phenoxy) is 2. The molecule has 56 heavy (non-hydrogen) atoms. The second kappa shape index (κ2) is 43.5. The second-order valence-electron chi connectivity index (χ2n) is 13.8. The number of phosphoric acid groups is 1. The van der Waals surface area contributed by atoms with Crippen molar-refractivity contribution in [1.82, 2.24) is 0 Å². The van der Waals surface area contributed by atoms with Gasteiger partial charge in [0.05, 0.1) is 19.8 Å². The topological polar surface area (TPSA) is 117 Å². The Morgan fingerprint density at radius 2 is 1.00 bits per heavy atom. The van der Waals surface area contributed by atoms with Crippen LogP contribution in [0.2, 0.25) is 0 Å². The average molecular weight is 802 g/mol. The van der Waals surface area contributed by atoms with Gasteiger partial charge in [-0.3, -0.25) is 13.8 Å². The summed E-state index contributed by atoms with van der Waals surface area (Å²) >= 11 is 0. The maximum absolute atomic E-state index is 12.6. The normalized spacial score (nSPS) is 14.4. The number of esters is 1. The third-order valence-electron chi connectivity index (χ3n) is 8.49. The predicted molar refractivity (Wildman–Crippen MR) is 238 cm³/mol. The molecular formula is C47H80NO7P. The fourth-order valence-corrected chi connectivity index (χ4v) is 6.10. The van der Waals surface area contributed by atoms with Crippen molar-refractivity contribution in [3.8, 4) is 0 Å². The van der Waals surface area contributed by atoms with E-state index in [4.69, 9.17) is 24.3 Å². The highest BCUT2D eigenvalue weighted by Gasteiger charge is 2.25. The minimum Gasteiger partial charge on any atom is -0.457 e. The van der Waals surface area contributed by atoms with Gasteiger partial charge in [-0.1, -0.05) is 156 Å². The molecule has 0 aromatic carbocycles. The van der Waals surface area contributed by atoms with E-state index in [9.17, 15) is 14.3 Å². The minimum atomic E-state index is -4.30. The van der Waals surface area contributed by atoms with E-state index in [1.54, 1.807) is 0 Å². The van der Waals surface area contributed by atoms with Crippen molar-refractivity contribution >= 4 is 13.8 Å². The quantitative estimate of drug-likeness (QED) is 0.0272. The van der Waals surface area contributed by atoms with Crippen molar-refractivity contribution in [2.75, 3.05) is 33.0 Å². The largest absolute Gasteiger partial charge is 0.472 e. The first kappa shape index (κ1) is 53.4. The Hall–Kier alpha value is -2.58. The predicted octanol–water partition coefficient (Wildman–Crippen LogP) is 13.1. The Labute approximate surface area is 342 Å². The summed E-state index contributed by atoms with van der Waals surface area (Å²) in [6.07, 6.45) is 57.2. The summed E-state index contributed by atoms with van der Waals surface area (Å²) in [6, 6.07) is 0. The zero-order valence-corrected chi connectivity index (χ0v) is 36.2. The highest BCUT2D eigenvalue weighted by atomic mass is 31.2. The number of unbranched alkanes of at least 4 members (excludes halogenated alkanes) is 11. The summed E-state index contributed by atoms with van der Waals surface area (Å²) in [5, 5.41) is 0. The van der Waals surface area contributed by atoms with E-state index in [0.717, 1.165) is 70.6 Å². The maximum Gasteiger partial charge on any atom is 0.472 e. The van der Waals surface area contributed by atoms with Crippen LogP contribution in [0.4, 0.5) is 0 Å². The molecule has 0 spiro atoms. The van der Waals surface area contributed by atoms with Gasteiger partial charge in [0.15, 0.2) is 0 Å². The lowest BCUT2D eigenvalue weighted by molar-refractivity contribution is -0.154. The molecule has 0 aliphatic rings. The minimum absolute atomic E-state index is 0.0826. The number of allylic oxidation sites excluding steroid dienone is 16. The van der Waals surface area contributed by atoms with Crippen LogP contribution in [0.5, 0.6) is 0 Å². The fourth-order valence-electron chi connectivity index (χ4n) is 5.33. The van der Waals surface area contributed by atoms with Crippen LogP contribution in [0.15, 0.2) is 97.2 Å². The Morgan fingerprint density at radius 3 is 1.52 bits per heavy atom. The van der Waals surface area contributed by atoms with Gasteiger partial charge in [0, 0.05) is 19.6 Å². The summed E-state index contributed by atoms with van der Waals surface area (Å²) in [4.78, 5) is 22.5. The van der Waals surface area contributed by atoms with Crippen LogP contribution in [-0.4, -0.2) is 49.9 Å². The Balaban J connectivity index is 4.19. The Morgan fingerprint density at radius 1 is 0.554 bits per heavy atom. The van der Waals surface area contributed by atoms with Crippen LogP contribution in [0.3, 0.4) is 0 Å². The zero-order valence-electron chi connectivity index (χ0n) is 35.3. The van der Waals surface area contributed by atoms with E-state index in [2.05, 4.69) is 111 Å². The highest BCUT2D eigenvalue weighted by Crippen LogP contribution is 2.43. The van der Waals surface area contributed by atoms with Gasteiger partial charge in [-0.15, -0.1) is 0 Å². The van der Waals surface area contributed by atoms with Gasteiger partial charge in [-0.25, -0.2) is 4.57 Å². The van der Waals surface area contributed by atoms with Crippen molar-refractivity contribution in [2.24, 2.45) is 5.73 Å². The summed E-state index contributed by atoms with van der Waals surface area (Å²) in [5.41, 5.74) is 5.36. The van der Waals surface area contributed by atoms with E-state index in [-0.39, 0.29) is 32.8 Å². The molecule has 8 nitrogen and oxygen atoms in total. The second-order valence-corrected chi connectivity index (χ2v) is 15.3. The van der Waals surface area contributed by atoms with Crippen LogP contribution in [0.1, 0.15) is 155 Å². The maximum atomic E-state index is 12.6. The van der Waals surface area contributed by atoms with Crippen LogP contribution in [0.25, 0.3) is 0 Å². The lowest BCUT2D eigenvalue weighted by Gasteiger charge is -2.20. The van der Waals surface area contributed by atoms with Crippen LogP contribution >= 0.6 is 7.82 Å². The molecule has 0 saturated heterocycles. The van der Waals surface area contributed by atoms with E-state index in [1.807, 2.05) is 0 Å². The number of phosphoric ester groups is 1. The third kappa shape index (κ3) is 42.6. The number of carbonyl (C=O) groups is 1. The van der Waals surface area contributed by atoms with E-state index in [1.165, 1.54) is 57.8 Å². The van der Waals surface area contributed by atoms with Gasteiger partial charge in [0.2, 0.25) is 0 Å². The number of nitrogens with two attached hydrogens (primary N) is 1. The lowest BCUT2D eigenvalue weighted by atomic mass is 10.1. The lowest BCUT2D eigenvalue weighted by Crippen LogP contribution is -2.28. The van der Waals surface area contributed by atoms with Crippen molar-refractivity contribution in [1.29, 1.82) is 0 Å². The van der Waals surface area contributed by atoms with Crippen LogP contribution in [0, 0.1) is 0 Å². The summed E-state index contributed by atoms with van der Waals surface area (Å²) in [7, 11) is -4.30. The van der Waals surface area contributed by atoms with Gasteiger partial charge < -0.3 is 20.1 Å². The Kier molecular flexibility index (Phi) is 41.5. The highest BCUT2D eigenvalue weighted by molar-refractivity contribution is 7.47. The molecule has 0 saturated carbocycles. The van der Waals surface area contributed by atoms with Crippen molar-refractivity contribution < 1.29 is 32.8 Å². The van der Waals surface area contributed by atoms with Crippen molar-refractivity contribution in [3.63, 3.8) is 0 Å². The molecule has 0 bridgehead atoms. The molecule has 0 amide bonds. The summed E-state index contributed by atoms with van der Waals surface area (Å²) in [5.74, 6) is -0.394. The van der Waals surface area contributed by atoms with Crippen molar-refractivity contribution in [3.05, 3.63) is 97.2 Å². The SMILES string of the molecule is CC/C=C\C/C=C\C/C=C\C/C=C\C/C=C\C/C=C\C/C=C\CCCC(=O)OC(COCCCCCCCC/C=C\CCCCCC)COP(=O)(O)OCCN.